The summed E-state index contributed by atoms with van der Waals surface area (Å²) in [6.45, 7) is 6.74. The SMILES string of the molecule is CC(C)(CC(=O)C(C)(C)c1csc(-c2ccccc2)n1)C(=O)O. The zero-order chi connectivity index (χ0) is 17.3. The highest BCUT2D eigenvalue weighted by atomic mass is 32.1. The standard InChI is InChI=1S/C18H21NO3S/c1-17(2,16(21)22)10-14(20)18(3,4)13-11-23-15(19-13)12-8-6-5-7-9-12/h5-9,11H,10H2,1-4H3,(H,21,22). The first-order valence-corrected chi connectivity index (χ1v) is 8.31. The fraction of sp³-hybridized carbons (Fsp3) is 0.389. The maximum Gasteiger partial charge on any atom is 0.309 e. The molecule has 1 N–H and O–H groups in total. The highest BCUT2D eigenvalue weighted by molar-refractivity contribution is 7.13. The Balaban J connectivity index is 2.25. The van der Waals surface area contributed by atoms with E-state index in [4.69, 9.17) is 0 Å². The molecule has 2 aromatic rings. The van der Waals surface area contributed by atoms with Crippen LogP contribution in [0.2, 0.25) is 0 Å². The molecule has 1 heterocycles. The normalized spacial score (nSPS) is 12.2. The lowest BCUT2D eigenvalue weighted by molar-refractivity contribution is -0.149. The van der Waals surface area contributed by atoms with Crippen LogP contribution >= 0.6 is 11.3 Å². The predicted molar refractivity (Wildman–Crippen MR) is 91.6 cm³/mol. The number of carboxylic acid groups (broad SMARTS) is 1. The smallest absolute Gasteiger partial charge is 0.309 e. The van der Waals surface area contributed by atoms with Gasteiger partial charge in [-0.15, -0.1) is 11.3 Å². The van der Waals surface area contributed by atoms with Crippen LogP contribution in [0.4, 0.5) is 0 Å². The molecule has 2 rings (SSSR count). The summed E-state index contributed by atoms with van der Waals surface area (Å²) in [6, 6.07) is 9.79. The van der Waals surface area contributed by atoms with E-state index in [1.165, 1.54) is 11.3 Å². The molecular formula is C18H21NO3S. The molecular weight excluding hydrogens is 310 g/mol. The number of aliphatic carboxylic acids is 1. The molecule has 0 aliphatic carbocycles. The van der Waals surface area contributed by atoms with Crippen LogP contribution in [-0.4, -0.2) is 21.8 Å². The number of hydrogen-bond donors (Lipinski definition) is 1. The van der Waals surface area contributed by atoms with E-state index in [2.05, 4.69) is 4.98 Å². The first-order chi connectivity index (χ1) is 10.6. The molecule has 0 radical (unpaired) electrons. The monoisotopic (exact) mass is 331 g/mol. The Kier molecular flexibility index (Phi) is 4.71. The summed E-state index contributed by atoms with van der Waals surface area (Å²) in [5.74, 6) is -1.08. The van der Waals surface area contributed by atoms with Gasteiger partial charge in [0.05, 0.1) is 16.5 Å². The number of hydrogen-bond acceptors (Lipinski definition) is 4. The van der Waals surface area contributed by atoms with Crippen molar-refractivity contribution in [3.63, 3.8) is 0 Å². The fourth-order valence-corrected chi connectivity index (χ4v) is 3.11. The number of carboxylic acids is 1. The molecule has 23 heavy (non-hydrogen) atoms. The van der Waals surface area contributed by atoms with Gasteiger partial charge in [-0.3, -0.25) is 9.59 Å². The second-order valence-corrected chi connectivity index (χ2v) is 7.68. The van der Waals surface area contributed by atoms with Crippen molar-refractivity contribution in [1.82, 2.24) is 4.98 Å². The molecule has 0 aliphatic heterocycles. The number of carbonyl (C=O) groups excluding carboxylic acids is 1. The quantitative estimate of drug-likeness (QED) is 0.863. The van der Waals surface area contributed by atoms with Gasteiger partial charge in [0.15, 0.2) is 0 Å². The lowest BCUT2D eigenvalue weighted by atomic mass is 9.76. The summed E-state index contributed by atoms with van der Waals surface area (Å²) in [4.78, 5) is 28.5. The summed E-state index contributed by atoms with van der Waals surface area (Å²) < 4.78 is 0. The van der Waals surface area contributed by atoms with Gasteiger partial charge in [-0.1, -0.05) is 30.3 Å². The number of benzene rings is 1. The summed E-state index contributed by atoms with van der Waals surface area (Å²) >= 11 is 1.49. The largest absolute Gasteiger partial charge is 0.481 e. The van der Waals surface area contributed by atoms with Crippen LogP contribution < -0.4 is 0 Å². The maximum atomic E-state index is 12.6. The van der Waals surface area contributed by atoms with Crippen molar-refractivity contribution in [1.29, 1.82) is 0 Å². The van der Waals surface area contributed by atoms with Gasteiger partial charge in [-0.25, -0.2) is 4.98 Å². The number of ketones is 1. The van der Waals surface area contributed by atoms with Crippen LogP contribution in [0.3, 0.4) is 0 Å². The first kappa shape index (κ1) is 17.3. The van der Waals surface area contributed by atoms with E-state index in [0.29, 0.717) is 5.69 Å². The molecule has 0 saturated heterocycles. The number of rotatable bonds is 6. The minimum Gasteiger partial charge on any atom is -0.481 e. The van der Waals surface area contributed by atoms with E-state index < -0.39 is 16.8 Å². The fourth-order valence-electron chi connectivity index (χ4n) is 2.11. The van der Waals surface area contributed by atoms with Crippen molar-refractivity contribution in [2.45, 2.75) is 39.5 Å². The molecule has 0 fully saturated rings. The molecule has 0 saturated carbocycles. The molecule has 0 bridgehead atoms. The topological polar surface area (TPSA) is 67.3 Å². The summed E-state index contributed by atoms with van der Waals surface area (Å²) in [5.41, 5.74) is -0.187. The third-order valence-corrected chi connectivity index (χ3v) is 4.94. The Hall–Kier alpha value is -2.01. The highest BCUT2D eigenvalue weighted by Gasteiger charge is 2.38. The number of thiazole rings is 1. The van der Waals surface area contributed by atoms with E-state index in [1.807, 2.05) is 35.7 Å². The van der Waals surface area contributed by atoms with E-state index in [0.717, 1.165) is 10.6 Å². The number of aromatic nitrogens is 1. The van der Waals surface area contributed by atoms with Gasteiger partial charge in [-0.05, 0) is 27.7 Å². The van der Waals surface area contributed by atoms with Crippen LogP contribution in [0.15, 0.2) is 35.7 Å². The van der Waals surface area contributed by atoms with Gasteiger partial charge in [0.1, 0.15) is 10.8 Å². The zero-order valence-corrected chi connectivity index (χ0v) is 14.6. The number of Topliss-reactive ketones (excluding diaryl/α,β-unsaturated/α-hetero) is 1. The Morgan fingerprint density at radius 1 is 1.13 bits per heavy atom. The van der Waals surface area contributed by atoms with Crippen LogP contribution in [-0.2, 0) is 15.0 Å². The van der Waals surface area contributed by atoms with Crippen LogP contribution in [0.5, 0.6) is 0 Å². The second-order valence-electron chi connectivity index (χ2n) is 6.82. The Labute approximate surface area is 140 Å². The van der Waals surface area contributed by atoms with Crippen LogP contribution in [0.1, 0.15) is 39.8 Å². The van der Waals surface area contributed by atoms with Crippen LogP contribution in [0, 0.1) is 5.41 Å². The summed E-state index contributed by atoms with van der Waals surface area (Å²) in [7, 11) is 0. The molecule has 0 spiro atoms. The minimum atomic E-state index is -1.08. The van der Waals surface area contributed by atoms with E-state index in [-0.39, 0.29) is 12.2 Å². The summed E-state index contributed by atoms with van der Waals surface area (Å²) in [5, 5.41) is 12.0. The second kappa shape index (κ2) is 6.24. The molecule has 0 amide bonds. The maximum absolute atomic E-state index is 12.6. The average Bonchev–Trinajstić information content (AvgIpc) is 2.98. The molecule has 0 aliphatic rings. The van der Waals surface area contributed by atoms with Crippen molar-refractivity contribution >= 4 is 23.1 Å². The van der Waals surface area contributed by atoms with E-state index >= 15 is 0 Å². The third kappa shape index (κ3) is 3.67. The van der Waals surface area contributed by atoms with Gasteiger partial charge in [0.2, 0.25) is 0 Å². The van der Waals surface area contributed by atoms with E-state index in [9.17, 15) is 14.7 Å². The van der Waals surface area contributed by atoms with Crippen LogP contribution in [0.25, 0.3) is 10.6 Å². The number of carbonyl (C=O) groups is 2. The number of nitrogens with zero attached hydrogens (tertiary/aromatic N) is 1. The molecule has 0 unspecified atom stereocenters. The highest BCUT2D eigenvalue weighted by Crippen LogP contribution is 2.34. The van der Waals surface area contributed by atoms with Crippen molar-refractivity contribution in [3.05, 3.63) is 41.4 Å². The molecule has 4 nitrogen and oxygen atoms in total. The van der Waals surface area contributed by atoms with Gasteiger partial charge in [-0.2, -0.15) is 0 Å². The average molecular weight is 331 g/mol. The molecule has 122 valence electrons. The minimum absolute atomic E-state index is 0.0203. The van der Waals surface area contributed by atoms with Crippen molar-refractivity contribution in [3.8, 4) is 10.6 Å². The van der Waals surface area contributed by atoms with Gasteiger partial charge < -0.3 is 5.11 Å². The molecule has 1 aromatic carbocycles. The Morgan fingerprint density at radius 2 is 1.74 bits per heavy atom. The first-order valence-electron chi connectivity index (χ1n) is 7.43. The van der Waals surface area contributed by atoms with Crippen molar-refractivity contribution < 1.29 is 14.7 Å². The third-order valence-electron chi connectivity index (χ3n) is 4.04. The van der Waals surface area contributed by atoms with Gasteiger partial charge in [0, 0.05) is 17.4 Å². The lowest BCUT2D eigenvalue weighted by Gasteiger charge is -2.26. The summed E-state index contributed by atoms with van der Waals surface area (Å²) in [6.07, 6.45) is -0.0203. The molecule has 5 heteroatoms. The van der Waals surface area contributed by atoms with Crippen molar-refractivity contribution in [2.24, 2.45) is 5.41 Å². The molecule has 1 aromatic heterocycles. The van der Waals surface area contributed by atoms with Gasteiger partial charge in [0.25, 0.3) is 0 Å². The predicted octanol–water partition coefficient (Wildman–Crippen LogP) is 4.16. The lowest BCUT2D eigenvalue weighted by Crippen LogP contribution is -2.36. The zero-order valence-electron chi connectivity index (χ0n) is 13.8. The van der Waals surface area contributed by atoms with E-state index in [1.54, 1.807) is 27.7 Å². The Morgan fingerprint density at radius 3 is 2.30 bits per heavy atom. The van der Waals surface area contributed by atoms with Gasteiger partial charge >= 0.3 is 5.97 Å². The Bertz CT molecular complexity index is 717. The molecule has 0 atom stereocenters. The van der Waals surface area contributed by atoms with Crippen molar-refractivity contribution in [2.75, 3.05) is 0 Å².